The Morgan fingerprint density at radius 3 is 2.75 bits per heavy atom. The highest BCUT2D eigenvalue weighted by Gasteiger charge is 2.14. The molecule has 0 bridgehead atoms. The van der Waals surface area contributed by atoms with Crippen LogP contribution in [0.4, 0.5) is 5.13 Å². The molecule has 2 aromatic heterocycles. The summed E-state index contributed by atoms with van der Waals surface area (Å²) in [5.41, 5.74) is 7.11. The van der Waals surface area contributed by atoms with Crippen LogP contribution in [0.5, 0.6) is 0 Å². The third-order valence-corrected chi connectivity index (χ3v) is 3.48. The minimum atomic E-state index is -0.455. The number of anilines is 1. The summed E-state index contributed by atoms with van der Waals surface area (Å²) < 4.78 is 5.00. The largest absolute Gasteiger partial charge is 0.369 e. The maximum absolute atomic E-state index is 11.9. The molecule has 7 nitrogen and oxygen atoms in total. The number of nitrogens with zero attached hydrogens (tertiary/aromatic N) is 2. The fraction of sp³-hybridized carbons (Fsp3) is 0.333. The summed E-state index contributed by atoms with van der Waals surface area (Å²) in [5, 5.41) is 8.60. The molecule has 0 aliphatic heterocycles. The maximum atomic E-state index is 11.9. The van der Waals surface area contributed by atoms with Gasteiger partial charge in [0.25, 0.3) is 0 Å². The van der Waals surface area contributed by atoms with E-state index in [9.17, 15) is 9.59 Å². The van der Waals surface area contributed by atoms with Crippen LogP contribution in [0.25, 0.3) is 0 Å². The Balaban J connectivity index is 1.98. The lowest BCUT2D eigenvalue weighted by molar-refractivity contribution is -0.117. The molecule has 8 heteroatoms. The molecule has 0 fully saturated rings. The number of rotatable bonds is 5. The number of carbonyl (C=O) groups is 2. The monoisotopic (exact) mass is 294 g/mol. The standard InChI is InChI=1S/C12H14N4O3S/c1-6-9(7(2)19-16-6)4-11(18)15-12-14-8(5-20-12)3-10(13)17/h5H,3-4H2,1-2H3,(H2,13,17)(H,14,15,18). The van der Waals surface area contributed by atoms with Crippen LogP contribution in [0.15, 0.2) is 9.90 Å². The number of aromatic nitrogens is 2. The van der Waals surface area contributed by atoms with E-state index in [1.807, 2.05) is 0 Å². The zero-order chi connectivity index (χ0) is 14.7. The third kappa shape index (κ3) is 3.41. The third-order valence-electron chi connectivity index (χ3n) is 2.67. The number of aryl methyl sites for hydroxylation is 2. The molecule has 2 amide bonds. The Morgan fingerprint density at radius 1 is 1.40 bits per heavy atom. The summed E-state index contributed by atoms with van der Waals surface area (Å²) in [6, 6.07) is 0. The van der Waals surface area contributed by atoms with E-state index < -0.39 is 5.91 Å². The highest BCUT2D eigenvalue weighted by atomic mass is 32.1. The fourth-order valence-corrected chi connectivity index (χ4v) is 2.43. The van der Waals surface area contributed by atoms with Crippen LogP contribution in [0.2, 0.25) is 0 Å². The van der Waals surface area contributed by atoms with Gasteiger partial charge in [0.1, 0.15) is 5.76 Å². The van der Waals surface area contributed by atoms with Crippen LogP contribution in [0.1, 0.15) is 22.7 Å². The van der Waals surface area contributed by atoms with Crippen molar-refractivity contribution in [3.8, 4) is 0 Å². The first-order chi connectivity index (χ1) is 9.45. The molecule has 0 aromatic carbocycles. The van der Waals surface area contributed by atoms with Gasteiger partial charge >= 0.3 is 0 Å². The number of carbonyl (C=O) groups excluding carboxylic acids is 2. The Bertz CT molecular complexity index is 627. The molecule has 0 aliphatic carbocycles. The van der Waals surface area contributed by atoms with E-state index in [1.54, 1.807) is 19.2 Å². The lowest BCUT2D eigenvalue weighted by Gasteiger charge is -2.01. The van der Waals surface area contributed by atoms with E-state index >= 15 is 0 Å². The first kappa shape index (κ1) is 14.2. The Labute approximate surface area is 119 Å². The molecule has 106 valence electrons. The molecule has 0 spiro atoms. The van der Waals surface area contributed by atoms with Crippen molar-refractivity contribution < 1.29 is 14.1 Å². The summed E-state index contributed by atoms with van der Waals surface area (Å²) in [4.78, 5) is 26.8. The average molecular weight is 294 g/mol. The van der Waals surface area contributed by atoms with E-state index in [4.69, 9.17) is 10.3 Å². The van der Waals surface area contributed by atoms with Crippen LogP contribution < -0.4 is 11.1 Å². The van der Waals surface area contributed by atoms with Crippen LogP contribution in [-0.4, -0.2) is 22.0 Å². The molecule has 2 rings (SSSR count). The van der Waals surface area contributed by atoms with E-state index in [0.29, 0.717) is 22.3 Å². The van der Waals surface area contributed by atoms with E-state index in [-0.39, 0.29) is 18.7 Å². The molecular formula is C12H14N4O3S. The normalized spacial score (nSPS) is 10.5. The quantitative estimate of drug-likeness (QED) is 0.853. The van der Waals surface area contributed by atoms with Gasteiger partial charge in [0.05, 0.1) is 24.2 Å². The van der Waals surface area contributed by atoms with Crippen molar-refractivity contribution >= 4 is 28.3 Å². The Hall–Kier alpha value is -2.22. The second-order valence-electron chi connectivity index (χ2n) is 4.31. The molecular weight excluding hydrogens is 280 g/mol. The van der Waals surface area contributed by atoms with Crippen molar-refractivity contribution in [2.75, 3.05) is 5.32 Å². The Kier molecular flexibility index (Phi) is 4.14. The molecule has 3 N–H and O–H groups in total. The highest BCUT2D eigenvalue weighted by molar-refractivity contribution is 7.13. The van der Waals surface area contributed by atoms with Gasteiger partial charge in [0, 0.05) is 10.9 Å². The summed E-state index contributed by atoms with van der Waals surface area (Å²) in [6.07, 6.45) is 0.238. The SMILES string of the molecule is Cc1noc(C)c1CC(=O)Nc1nc(CC(N)=O)cs1. The van der Waals surface area contributed by atoms with Gasteiger partial charge in [0.2, 0.25) is 11.8 Å². The van der Waals surface area contributed by atoms with Crippen molar-refractivity contribution in [3.05, 3.63) is 28.1 Å². The van der Waals surface area contributed by atoms with Crippen molar-refractivity contribution in [3.63, 3.8) is 0 Å². The molecule has 0 unspecified atom stereocenters. The van der Waals surface area contributed by atoms with Crippen molar-refractivity contribution in [1.82, 2.24) is 10.1 Å². The number of primary amides is 1. The number of thiazole rings is 1. The topological polar surface area (TPSA) is 111 Å². The molecule has 0 aliphatic rings. The number of nitrogens with two attached hydrogens (primary N) is 1. The smallest absolute Gasteiger partial charge is 0.230 e. The maximum Gasteiger partial charge on any atom is 0.230 e. The van der Waals surface area contributed by atoms with Crippen LogP contribution in [0, 0.1) is 13.8 Å². The van der Waals surface area contributed by atoms with Crippen LogP contribution >= 0.6 is 11.3 Å². The first-order valence-electron chi connectivity index (χ1n) is 5.90. The van der Waals surface area contributed by atoms with Gasteiger partial charge in [0.15, 0.2) is 5.13 Å². The van der Waals surface area contributed by atoms with Gasteiger partial charge in [-0.15, -0.1) is 11.3 Å². The zero-order valence-electron chi connectivity index (χ0n) is 11.1. The second-order valence-corrected chi connectivity index (χ2v) is 5.17. The minimum Gasteiger partial charge on any atom is -0.369 e. The molecule has 0 atom stereocenters. The highest BCUT2D eigenvalue weighted by Crippen LogP contribution is 2.17. The molecule has 0 radical (unpaired) electrons. The molecule has 0 saturated heterocycles. The lowest BCUT2D eigenvalue weighted by atomic mass is 10.1. The van der Waals surface area contributed by atoms with Crippen molar-refractivity contribution in [2.45, 2.75) is 26.7 Å². The van der Waals surface area contributed by atoms with E-state index in [1.165, 1.54) is 11.3 Å². The summed E-state index contributed by atoms with van der Waals surface area (Å²) in [5.74, 6) is -0.0329. The Morgan fingerprint density at radius 2 is 2.15 bits per heavy atom. The molecule has 0 saturated carbocycles. The second kappa shape index (κ2) is 5.83. The van der Waals surface area contributed by atoms with Crippen molar-refractivity contribution in [2.24, 2.45) is 5.73 Å². The number of nitrogens with one attached hydrogen (secondary N) is 1. The van der Waals surface area contributed by atoms with Gasteiger partial charge in [-0.1, -0.05) is 5.16 Å². The van der Waals surface area contributed by atoms with E-state index in [2.05, 4.69) is 15.5 Å². The average Bonchev–Trinajstić information content (AvgIpc) is 2.90. The molecule has 2 aromatic rings. The van der Waals surface area contributed by atoms with Gasteiger partial charge < -0.3 is 15.6 Å². The van der Waals surface area contributed by atoms with Gasteiger partial charge in [-0.05, 0) is 13.8 Å². The zero-order valence-corrected chi connectivity index (χ0v) is 11.9. The predicted octanol–water partition coefficient (Wildman–Crippen LogP) is 0.957. The van der Waals surface area contributed by atoms with Gasteiger partial charge in [-0.25, -0.2) is 4.98 Å². The summed E-state index contributed by atoms with van der Waals surface area (Å²) >= 11 is 1.25. The minimum absolute atomic E-state index is 0.0657. The summed E-state index contributed by atoms with van der Waals surface area (Å²) in [7, 11) is 0. The van der Waals surface area contributed by atoms with E-state index in [0.717, 1.165) is 5.56 Å². The predicted molar refractivity (Wildman–Crippen MR) is 73.3 cm³/mol. The number of amides is 2. The van der Waals surface area contributed by atoms with Crippen molar-refractivity contribution in [1.29, 1.82) is 0 Å². The number of hydrogen-bond donors (Lipinski definition) is 2. The summed E-state index contributed by atoms with van der Waals surface area (Å²) in [6.45, 7) is 3.55. The lowest BCUT2D eigenvalue weighted by Crippen LogP contribution is -2.16. The first-order valence-corrected chi connectivity index (χ1v) is 6.78. The molecule has 20 heavy (non-hydrogen) atoms. The van der Waals surface area contributed by atoms with Gasteiger partial charge in [-0.3, -0.25) is 9.59 Å². The van der Waals surface area contributed by atoms with Crippen LogP contribution in [-0.2, 0) is 22.4 Å². The van der Waals surface area contributed by atoms with Crippen LogP contribution in [0.3, 0.4) is 0 Å². The molecule has 2 heterocycles. The fourth-order valence-electron chi connectivity index (χ4n) is 1.70. The number of hydrogen-bond acceptors (Lipinski definition) is 6. The van der Waals surface area contributed by atoms with Gasteiger partial charge in [-0.2, -0.15) is 0 Å².